The molecule has 0 aromatic heterocycles. The minimum absolute atomic E-state index is 0.241. The van der Waals surface area contributed by atoms with E-state index in [1.807, 2.05) is 26.0 Å². The SMILES string of the molecule is COC(=O)c1cccc(NCc2cc(C)ccc2F)c1C. The summed E-state index contributed by atoms with van der Waals surface area (Å²) in [5.74, 6) is -0.618. The van der Waals surface area contributed by atoms with Gasteiger partial charge < -0.3 is 10.1 Å². The highest BCUT2D eigenvalue weighted by molar-refractivity contribution is 5.92. The Morgan fingerprint density at radius 3 is 2.71 bits per heavy atom. The number of methoxy groups -OCH3 is 1. The lowest BCUT2D eigenvalue weighted by Gasteiger charge is -2.13. The van der Waals surface area contributed by atoms with Crippen LogP contribution in [0.5, 0.6) is 0 Å². The van der Waals surface area contributed by atoms with Gasteiger partial charge in [0.1, 0.15) is 5.82 Å². The number of carbonyl (C=O) groups is 1. The van der Waals surface area contributed by atoms with Gasteiger partial charge in [0.05, 0.1) is 12.7 Å². The minimum atomic E-state index is -0.377. The lowest BCUT2D eigenvalue weighted by Crippen LogP contribution is -2.08. The van der Waals surface area contributed by atoms with Gasteiger partial charge in [-0.3, -0.25) is 0 Å². The Morgan fingerprint density at radius 2 is 2.00 bits per heavy atom. The van der Waals surface area contributed by atoms with Crippen molar-refractivity contribution in [1.82, 2.24) is 0 Å². The molecular weight excluding hydrogens is 269 g/mol. The zero-order chi connectivity index (χ0) is 15.4. The van der Waals surface area contributed by atoms with Crippen LogP contribution in [0.2, 0.25) is 0 Å². The van der Waals surface area contributed by atoms with Crippen LogP contribution in [0.15, 0.2) is 36.4 Å². The molecule has 0 aliphatic heterocycles. The third-order valence-corrected chi connectivity index (χ3v) is 3.41. The second-order valence-corrected chi connectivity index (χ2v) is 4.92. The van der Waals surface area contributed by atoms with E-state index < -0.39 is 0 Å². The number of anilines is 1. The second-order valence-electron chi connectivity index (χ2n) is 4.92. The van der Waals surface area contributed by atoms with Crippen LogP contribution in [-0.2, 0) is 11.3 Å². The molecule has 110 valence electrons. The van der Waals surface area contributed by atoms with E-state index in [1.165, 1.54) is 13.2 Å². The van der Waals surface area contributed by atoms with Gasteiger partial charge in [-0.05, 0) is 37.6 Å². The van der Waals surface area contributed by atoms with E-state index in [9.17, 15) is 9.18 Å². The molecule has 1 N–H and O–H groups in total. The number of nitrogens with one attached hydrogen (secondary N) is 1. The molecule has 21 heavy (non-hydrogen) atoms. The zero-order valence-corrected chi connectivity index (χ0v) is 12.4. The van der Waals surface area contributed by atoms with Gasteiger partial charge in [0.25, 0.3) is 0 Å². The third-order valence-electron chi connectivity index (χ3n) is 3.41. The predicted molar refractivity (Wildman–Crippen MR) is 81.0 cm³/mol. The van der Waals surface area contributed by atoms with Crippen molar-refractivity contribution in [3.05, 3.63) is 64.5 Å². The number of carbonyl (C=O) groups excluding carboxylic acids is 1. The quantitative estimate of drug-likeness (QED) is 0.868. The van der Waals surface area contributed by atoms with E-state index in [2.05, 4.69) is 5.32 Å². The molecule has 0 bridgehead atoms. The van der Waals surface area contributed by atoms with Crippen LogP contribution in [0.1, 0.15) is 27.0 Å². The highest BCUT2D eigenvalue weighted by Gasteiger charge is 2.12. The van der Waals surface area contributed by atoms with Crippen LogP contribution in [0.4, 0.5) is 10.1 Å². The standard InChI is InChI=1S/C17H18FNO2/c1-11-7-8-15(18)13(9-11)10-19-16-6-4-5-14(12(16)2)17(20)21-3/h4-9,19H,10H2,1-3H3. The molecule has 0 heterocycles. The highest BCUT2D eigenvalue weighted by atomic mass is 19.1. The summed E-state index contributed by atoms with van der Waals surface area (Å²) in [6.45, 7) is 4.12. The van der Waals surface area contributed by atoms with Gasteiger partial charge in [-0.15, -0.1) is 0 Å². The Balaban J connectivity index is 2.21. The highest BCUT2D eigenvalue weighted by Crippen LogP contribution is 2.21. The Hall–Kier alpha value is -2.36. The fourth-order valence-electron chi connectivity index (χ4n) is 2.19. The molecule has 0 saturated carbocycles. The van der Waals surface area contributed by atoms with Gasteiger partial charge in [0.2, 0.25) is 0 Å². The molecule has 0 radical (unpaired) electrons. The molecular formula is C17H18FNO2. The fraction of sp³-hybridized carbons (Fsp3) is 0.235. The van der Waals surface area contributed by atoms with Crippen molar-refractivity contribution in [2.24, 2.45) is 0 Å². The largest absolute Gasteiger partial charge is 0.465 e. The Labute approximate surface area is 123 Å². The molecule has 4 heteroatoms. The smallest absolute Gasteiger partial charge is 0.338 e. The number of aryl methyl sites for hydroxylation is 1. The molecule has 0 spiro atoms. The first-order valence-electron chi connectivity index (χ1n) is 6.69. The first-order chi connectivity index (χ1) is 10.0. The summed E-state index contributed by atoms with van der Waals surface area (Å²) in [4.78, 5) is 11.6. The van der Waals surface area contributed by atoms with Crippen molar-refractivity contribution in [3.8, 4) is 0 Å². The van der Waals surface area contributed by atoms with Gasteiger partial charge in [-0.25, -0.2) is 9.18 Å². The predicted octanol–water partition coefficient (Wildman–Crippen LogP) is 3.84. The average molecular weight is 287 g/mol. The monoisotopic (exact) mass is 287 g/mol. The van der Waals surface area contributed by atoms with Crippen LogP contribution in [0.3, 0.4) is 0 Å². The maximum atomic E-state index is 13.7. The van der Waals surface area contributed by atoms with Crippen LogP contribution >= 0.6 is 0 Å². The third kappa shape index (κ3) is 3.40. The minimum Gasteiger partial charge on any atom is -0.465 e. The Morgan fingerprint density at radius 1 is 1.24 bits per heavy atom. The van der Waals surface area contributed by atoms with E-state index >= 15 is 0 Å². The molecule has 0 amide bonds. The van der Waals surface area contributed by atoms with Crippen molar-refractivity contribution >= 4 is 11.7 Å². The number of esters is 1. The number of hydrogen-bond acceptors (Lipinski definition) is 3. The van der Waals surface area contributed by atoms with E-state index in [1.54, 1.807) is 18.2 Å². The van der Waals surface area contributed by atoms with Gasteiger partial charge in [0.15, 0.2) is 0 Å². The van der Waals surface area contributed by atoms with E-state index in [-0.39, 0.29) is 11.8 Å². The molecule has 0 atom stereocenters. The molecule has 2 rings (SSSR count). The normalized spacial score (nSPS) is 10.3. The summed E-state index contributed by atoms with van der Waals surface area (Å²) >= 11 is 0. The number of benzene rings is 2. The summed E-state index contributed by atoms with van der Waals surface area (Å²) in [7, 11) is 1.35. The molecule has 2 aromatic rings. The van der Waals surface area contributed by atoms with Gasteiger partial charge >= 0.3 is 5.97 Å². The average Bonchev–Trinajstić information content (AvgIpc) is 2.48. The number of ether oxygens (including phenoxy) is 1. The zero-order valence-electron chi connectivity index (χ0n) is 12.4. The summed E-state index contributed by atoms with van der Waals surface area (Å²) in [5, 5.41) is 3.17. The molecule has 0 aliphatic carbocycles. The Kier molecular flexibility index (Phi) is 4.58. The van der Waals surface area contributed by atoms with Crippen LogP contribution < -0.4 is 5.32 Å². The summed E-state index contributed by atoms with van der Waals surface area (Å²) in [6.07, 6.45) is 0. The van der Waals surface area contributed by atoms with Crippen molar-refractivity contribution in [1.29, 1.82) is 0 Å². The van der Waals surface area contributed by atoms with Gasteiger partial charge in [0, 0.05) is 17.8 Å². The lowest BCUT2D eigenvalue weighted by atomic mass is 10.1. The Bertz CT molecular complexity index is 668. The van der Waals surface area contributed by atoms with Gasteiger partial charge in [-0.1, -0.05) is 23.8 Å². The van der Waals surface area contributed by atoms with Crippen molar-refractivity contribution in [3.63, 3.8) is 0 Å². The first kappa shape index (κ1) is 15.0. The van der Waals surface area contributed by atoms with Crippen LogP contribution in [-0.4, -0.2) is 13.1 Å². The summed E-state index contributed by atoms with van der Waals surface area (Å²) < 4.78 is 18.5. The summed E-state index contributed by atoms with van der Waals surface area (Å²) in [5.41, 5.74) is 3.69. The van der Waals surface area contributed by atoms with E-state index in [4.69, 9.17) is 4.74 Å². The van der Waals surface area contributed by atoms with Crippen LogP contribution in [0.25, 0.3) is 0 Å². The van der Waals surface area contributed by atoms with Crippen molar-refractivity contribution < 1.29 is 13.9 Å². The number of halogens is 1. The molecule has 0 aliphatic rings. The first-order valence-corrected chi connectivity index (χ1v) is 6.69. The van der Waals surface area contributed by atoms with E-state index in [0.717, 1.165) is 16.8 Å². The fourth-order valence-corrected chi connectivity index (χ4v) is 2.19. The molecule has 2 aromatic carbocycles. The lowest BCUT2D eigenvalue weighted by molar-refractivity contribution is 0.0600. The van der Waals surface area contributed by atoms with Crippen molar-refractivity contribution in [2.75, 3.05) is 12.4 Å². The van der Waals surface area contributed by atoms with Crippen molar-refractivity contribution in [2.45, 2.75) is 20.4 Å². The number of hydrogen-bond donors (Lipinski definition) is 1. The molecule has 0 fully saturated rings. The molecule has 3 nitrogen and oxygen atoms in total. The summed E-state index contributed by atoms with van der Waals surface area (Å²) in [6, 6.07) is 10.3. The maximum Gasteiger partial charge on any atom is 0.338 e. The topological polar surface area (TPSA) is 38.3 Å². The second kappa shape index (κ2) is 6.39. The van der Waals surface area contributed by atoms with Crippen LogP contribution in [0, 0.1) is 19.7 Å². The maximum absolute atomic E-state index is 13.7. The number of rotatable bonds is 4. The van der Waals surface area contributed by atoms with Gasteiger partial charge in [-0.2, -0.15) is 0 Å². The van der Waals surface area contributed by atoms with E-state index in [0.29, 0.717) is 17.7 Å². The molecule has 0 unspecified atom stereocenters. The molecule has 0 saturated heterocycles.